The van der Waals surface area contributed by atoms with Crippen LogP contribution in [0.4, 0.5) is 0 Å². The van der Waals surface area contributed by atoms with Crippen molar-refractivity contribution < 1.29 is 0 Å². The molecule has 4 rings (SSSR count). The van der Waals surface area contributed by atoms with Crippen LogP contribution < -0.4 is 5.32 Å². The van der Waals surface area contributed by atoms with E-state index < -0.39 is 0 Å². The molecular weight excluding hydrogens is 408 g/mol. The van der Waals surface area contributed by atoms with Crippen LogP contribution in [-0.4, -0.2) is 26.1 Å². The van der Waals surface area contributed by atoms with Crippen molar-refractivity contribution in [1.29, 1.82) is 0 Å². The average Bonchev–Trinajstić information content (AvgIpc) is 3.27. The van der Waals surface area contributed by atoms with Gasteiger partial charge in [0.05, 0.1) is 17.8 Å². The van der Waals surface area contributed by atoms with E-state index in [1.807, 2.05) is 18.3 Å². The van der Waals surface area contributed by atoms with Crippen molar-refractivity contribution in [3.8, 4) is 5.69 Å². The highest BCUT2D eigenvalue weighted by molar-refractivity contribution is 9.10. The number of aromatic nitrogens is 2. The number of rotatable bonds is 4. The van der Waals surface area contributed by atoms with E-state index in [2.05, 4.69) is 91.3 Å². The Morgan fingerprint density at radius 3 is 2.62 bits per heavy atom. The van der Waals surface area contributed by atoms with Crippen LogP contribution in [0.25, 0.3) is 5.69 Å². The Bertz CT molecular complexity index is 907. The van der Waals surface area contributed by atoms with Gasteiger partial charge in [0.15, 0.2) is 5.11 Å². The number of likely N-dealkylation sites (N-methyl/N-ethyl adjacent to an activating group) is 1. The van der Waals surface area contributed by atoms with Gasteiger partial charge in [0.1, 0.15) is 0 Å². The number of hydrogen-bond donors (Lipinski definition) is 1. The first-order valence-corrected chi connectivity index (χ1v) is 9.80. The predicted octanol–water partition coefficient (Wildman–Crippen LogP) is 4.63. The van der Waals surface area contributed by atoms with Crippen LogP contribution in [0.15, 0.2) is 71.5 Å². The minimum absolute atomic E-state index is 0.0211. The van der Waals surface area contributed by atoms with Crippen molar-refractivity contribution in [2.24, 2.45) is 0 Å². The Morgan fingerprint density at radius 2 is 1.92 bits per heavy atom. The molecule has 1 aliphatic rings. The van der Waals surface area contributed by atoms with Crippen LogP contribution in [-0.2, 0) is 0 Å². The number of pyridine rings is 1. The summed E-state index contributed by atoms with van der Waals surface area (Å²) in [6.45, 7) is 2.97. The summed E-state index contributed by atoms with van der Waals surface area (Å²) >= 11 is 9.13. The number of hydrogen-bond acceptors (Lipinski definition) is 2. The molecule has 0 saturated carbocycles. The smallest absolute Gasteiger partial charge is 0.170 e. The first-order valence-electron chi connectivity index (χ1n) is 8.60. The van der Waals surface area contributed by atoms with Gasteiger partial charge in [0.25, 0.3) is 0 Å². The summed E-state index contributed by atoms with van der Waals surface area (Å²) < 4.78 is 3.30. The molecule has 1 aromatic carbocycles. The van der Waals surface area contributed by atoms with Crippen molar-refractivity contribution in [3.63, 3.8) is 0 Å². The van der Waals surface area contributed by atoms with Gasteiger partial charge in [-0.15, -0.1) is 0 Å². The molecule has 2 atom stereocenters. The van der Waals surface area contributed by atoms with Gasteiger partial charge in [-0.25, -0.2) is 0 Å². The quantitative estimate of drug-likeness (QED) is 0.616. The van der Waals surface area contributed by atoms with Gasteiger partial charge in [-0.2, -0.15) is 0 Å². The maximum Gasteiger partial charge on any atom is 0.170 e. The Hall–Kier alpha value is -2.18. The van der Waals surface area contributed by atoms with Crippen LogP contribution in [0.2, 0.25) is 0 Å². The van der Waals surface area contributed by atoms with Crippen molar-refractivity contribution >= 4 is 33.3 Å². The second kappa shape index (κ2) is 7.21. The molecule has 0 amide bonds. The van der Waals surface area contributed by atoms with Crippen molar-refractivity contribution in [1.82, 2.24) is 19.8 Å². The first-order chi connectivity index (χ1) is 12.7. The molecule has 6 heteroatoms. The van der Waals surface area contributed by atoms with Gasteiger partial charge >= 0.3 is 0 Å². The molecule has 3 aromatic rings. The lowest BCUT2D eigenvalue weighted by Gasteiger charge is -2.28. The van der Waals surface area contributed by atoms with Gasteiger partial charge in [-0.1, -0.05) is 22.0 Å². The normalized spacial score (nSPS) is 19.6. The molecule has 4 nitrogen and oxygen atoms in total. The third-order valence-corrected chi connectivity index (χ3v) is 5.61. The highest BCUT2D eigenvalue weighted by Crippen LogP contribution is 2.39. The number of thiocarbonyl (C=S) groups is 1. The lowest BCUT2D eigenvalue weighted by molar-refractivity contribution is 0.321. The summed E-state index contributed by atoms with van der Waals surface area (Å²) in [6.07, 6.45) is 3.93. The van der Waals surface area contributed by atoms with Gasteiger partial charge in [0, 0.05) is 34.8 Å². The fourth-order valence-electron chi connectivity index (χ4n) is 3.54. The van der Waals surface area contributed by atoms with Gasteiger partial charge in [0.2, 0.25) is 0 Å². The van der Waals surface area contributed by atoms with Crippen molar-refractivity contribution in [2.45, 2.75) is 19.0 Å². The predicted molar refractivity (Wildman–Crippen MR) is 111 cm³/mol. The van der Waals surface area contributed by atoms with Crippen molar-refractivity contribution in [3.05, 3.63) is 82.9 Å². The molecule has 26 heavy (non-hydrogen) atoms. The second-order valence-corrected chi connectivity index (χ2v) is 7.49. The molecule has 1 saturated heterocycles. The molecule has 1 N–H and O–H groups in total. The monoisotopic (exact) mass is 426 g/mol. The summed E-state index contributed by atoms with van der Waals surface area (Å²) in [5.41, 5.74) is 3.32. The van der Waals surface area contributed by atoms with Crippen molar-refractivity contribution in [2.75, 3.05) is 6.54 Å². The second-order valence-electron chi connectivity index (χ2n) is 6.19. The van der Waals surface area contributed by atoms with Gasteiger partial charge in [-0.05, 0) is 67.7 Å². The Morgan fingerprint density at radius 1 is 1.12 bits per heavy atom. The molecular formula is C20H19BrN4S. The maximum atomic E-state index is 5.62. The van der Waals surface area contributed by atoms with Crippen LogP contribution in [0.1, 0.15) is 30.4 Å². The minimum Gasteiger partial charge on any atom is -0.352 e. The van der Waals surface area contributed by atoms with Crippen LogP contribution >= 0.6 is 28.1 Å². The van der Waals surface area contributed by atoms with E-state index in [0.29, 0.717) is 0 Å². The highest BCUT2D eigenvalue weighted by atomic mass is 79.9. The van der Waals surface area contributed by atoms with Gasteiger partial charge in [-0.3, -0.25) is 4.98 Å². The number of halogens is 1. The average molecular weight is 427 g/mol. The molecule has 0 spiro atoms. The maximum absolute atomic E-state index is 5.62. The lowest BCUT2D eigenvalue weighted by Crippen LogP contribution is -2.30. The molecule has 0 radical (unpaired) electrons. The van der Waals surface area contributed by atoms with E-state index in [1.54, 1.807) is 0 Å². The third-order valence-electron chi connectivity index (χ3n) is 4.73. The summed E-state index contributed by atoms with van der Waals surface area (Å²) in [7, 11) is 0. The van der Waals surface area contributed by atoms with Crippen LogP contribution in [0.3, 0.4) is 0 Å². The highest BCUT2D eigenvalue weighted by Gasteiger charge is 2.40. The Kier molecular flexibility index (Phi) is 4.78. The molecule has 0 aliphatic carbocycles. The third kappa shape index (κ3) is 3.04. The van der Waals surface area contributed by atoms with E-state index in [1.165, 1.54) is 5.69 Å². The summed E-state index contributed by atoms with van der Waals surface area (Å²) in [6, 6.07) is 18.7. The standard InChI is InChI=1S/C20H19BrN4S/c1-2-24-19(18(23-20(24)26)16-6-3-4-12-22-16)17-7-5-13-25(17)15-10-8-14(21)9-11-15/h3-13,18-19H,2H2,1H3,(H,23,26)/t18-,19-/m1/s1. The van der Waals surface area contributed by atoms with E-state index in [-0.39, 0.29) is 12.1 Å². The molecule has 2 aromatic heterocycles. The molecule has 0 bridgehead atoms. The fourth-order valence-corrected chi connectivity index (χ4v) is 4.17. The molecule has 1 fully saturated rings. The van der Waals surface area contributed by atoms with E-state index in [9.17, 15) is 0 Å². The molecule has 3 heterocycles. The van der Waals surface area contributed by atoms with Crippen LogP contribution in [0, 0.1) is 0 Å². The lowest BCUT2D eigenvalue weighted by atomic mass is 10.0. The SMILES string of the molecule is CCN1C(=S)N[C@H](c2ccccn2)[C@H]1c1cccn1-c1ccc(Br)cc1. The Balaban J connectivity index is 1.80. The zero-order chi connectivity index (χ0) is 18.1. The largest absolute Gasteiger partial charge is 0.352 e. The summed E-state index contributed by atoms with van der Waals surface area (Å²) in [5.74, 6) is 0. The fraction of sp³-hybridized carbons (Fsp3) is 0.200. The van der Waals surface area contributed by atoms with E-state index in [0.717, 1.165) is 27.5 Å². The molecule has 1 aliphatic heterocycles. The number of nitrogens with zero attached hydrogens (tertiary/aromatic N) is 3. The summed E-state index contributed by atoms with van der Waals surface area (Å²) in [4.78, 5) is 6.81. The molecule has 132 valence electrons. The number of nitrogens with one attached hydrogen (secondary N) is 1. The zero-order valence-corrected chi connectivity index (χ0v) is 16.7. The first kappa shape index (κ1) is 17.2. The van der Waals surface area contributed by atoms with E-state index >= 15 is 0 Å². The Labute approximate surface area is 167 Å². The van der Waals surface area contributed by atoms with Gasteiger partial charge < -0.3 is 14.8 Å². The zero-order valence-electron chi connectivity index (χ0n) is 14.3. The molecule has 0 unspecified atom stereocenters. The topological polar surface area (TPSA) is 33.1 Å². The van der Waals surface area contributed by atoms with Crippen LogP contribution in [0.5, 0.6) is 0 Å². The van der Waals surface area contributed by atoms with E-state index in [4.69, 9.17) is 12.2 Å². The summed E-state index contributed by atoms with van der Waals surface area (Å²) in [5, 5.41) is 4.25. The number of benzene rings is 1. The minimum atomic E-state index is 0.0211.